The molecule has 0 aliphatic rings. The number of anilines is 1. The molecule has 0 saturated heterocycles. The van der Waals surface area contributed by atoms with Crippen molar-refractivity contribution in [1.82, 2.24) is 9.78 Å². The Hall–Kier alpha value is -3.05. The minimum Gasteiger partial charge on any atom is -0.495 e. The normalized spacial score (nSPS) is 10.8. The Balaban J connectivity index is 1.69. The van der Waals surface area contributed by atoms with Crippen LogP contribution in [-0.2, 0) is 4.79 Å². The molecule has 0 aliphatic carbocycles. The van der Waals surface area contributed by atoms with Crippen LogP contribution in [0.15, 0.2) is 67.0 Å². The molecule has 3 aromatic rings. The van der Waals surface area contributed by atoms with Crippen LogP contribution in [0.25, 0.3) is 11.8 Å². The summed E-state index contributed by atoms with van der Waals surface area (Å²) in [6.07, 6.45) is 6.67. The van der Waals surface area contributed by atoms with Crippen molar-refractivity contribution in [3.05, 3.63) is 77.6 Å². The summed E-state index contributed by atoms with van der Waals surface area (Å²) in [6, 6.07) is 14.8. The zero-order valence-corrected chi connectivity index (χ0v) is 14.3. The van der Waals surface area contributed by atoms with Crippen LogP contribution in [0.3, 0.4) is 0 Å². The highest BCUT2D eigenvalue weighted by atomic mass is 35.5. The SMILES string of the molecule is COc1ccc(Cl)cc1NC(=O)/C=C/c1cnn(-c2ccccc2)c1. The van der Waals surface area contributed by atoms with Crippen molar-refractivity contribution >= 4 is 29.3 Å². The second-order valence-electron chi connectivity index (χ2n) is 5.22. The third-order valence-corrected chi connectivity index (χ3v) is 3.70. The van der Waals surface area contributed by atoms with Crippen molar-refractivity contribution in [2.24, 2.45) is 0 Å². The number of methoxy groups -OCH3 is 1. The molecule has 0 spiro atoms. The van der Waals surface area contributed by atoms with Crippen LogP contribution in [-0.4, -0.2) is 22.8 Å². The predicted octanol–water partition coefficient (Wildman–Crippen LogP) is 4.19. The first kappa shape index (κ1) is 16.8. The molecule has 0 radical (unpaired) electrons. The highest BCUT2D eigenvalue weighted by Crippen LogP contribution is 2.27. The number of benzene rings is 2. The molecular weight excluding hydrogens is 338 g/mol. The van der Waals surface area contributed by atoms with E-state index in [4.69, 9.17) is 16.3 Å². The number of carbonyl (C=O) groups excluding carboxylic acids is 1. The number of hydrogen-bond donors (Lipinski definition) is 1. The van der Waals surface area contributed by atoms with Gasteiger partial charge in [-0.05, 0) is 36.4 Å². The topological polar surface area (TPSA) is 56.1 Å². The van der Waals surface area contributed by atoms with E-state index in [9.17, 15) is 4.79 Å². The molecule has 5 nitrogen and oxygen atoms in total. The number of ether oxygens (including phenoxy) is 1. The number of nitrogens with zero attached hydrogens (tertiary/aromatic N) is 2. The number of carbonyl (C=O) groups is 1. The molecule has 0 unspecified atom stereocenters. The predicted molar refractivity (Wildman–Crippen MR) is 99.2 cm³/mol. The number of rotatable bonds is 5. The van der Waals surface area contributed by atoms with Crippen LogP contribution in [0.5, 0.6) is 5.75 Å². The molecule has 0 saturated carbocycles. The highest BCUT2D eigenvalue weighted by molar-refractivity contribution is 6.31. The van der Waals surface area contributed by atoms with E-state index in [1.54, 1.807) is 35.2 Å². The smallest absolute Gasteiger partial charge is 0.248 e. The summed E-state index contributed by atoms with van der Waals surface area (Å²) < 4.78 is 6.95. The molecule has 25 heavy (non-hydrogen) atoms. The van der Waals surface area contributed by atoms with Crippen molar-refractivity contribution in [3.8, 4) is 11.4 Å². The molecular formula is C19H16ClN3O2. The van der Waals surface area contributed by atoms with Crippen LogP contribution in [0.2, 0.25) is 5.02 Å². The van der Waals surface area contributed by atoms with E-state index in [1.807, 2.05) is 36.5 Å². The third-order valence-electron chi connectivity index (χ3n) is 3.47. The molecule has 0 atom stereocenters. The van der Waals surface area contributed by atoms with E-state index < -0.39 is 0 Å². The first-order chi connectivity index (χ1) is 12.2. The van der Waals surface area contributed by atoms with E-state index in [-0.39, 0.29) is 5.91 Å². The second-order valence-corrected chi connectivity index (χ2v) is 5.66. The van der Waals surface area contributed by atoms with Crippen LogP contribution < -0.4 is 10.1 Å². The summed E-state index contributed by atoms with van der Waals surface area (Å²) in [4.78, 5) is 12.1. The minimum absolute atomic E-state index is 0.284. The molecule has 126 valence electrons. The fraction of sp³-hybridized carbons (Fsp3) is 0.0526. The zero-order valence-electron chi connectivity index (χ0n) is 13.5. The average Bonchev–Trinajstić information content (AvgIpc) is 3.10. The lowest BCUT2D eigenvalue weighted by molar-refractivity contribution is -0.111. The summed E-state index contributed by atoms with van der Waals surface area (Å²) in [5.41, 5.74) is 2.29. The van der Waals surface area contributed by atoms with Gasteiger partial charge in [0, 0.05) is 22.9 Å². The lowest BCUT2D eigenvalue weighted by atomic mass is 10.2. The van der Waals surface area contributed by atoms with Crippen molar-refractivity contribution in [1.29, 1.82) is 0 Å². The molecule has 0 fully saturated rings. The standard InChI is InChI=1S/C19H16ClN3O2/c1-25-18-9-8-15(20)11-17(18)22-19(24)10-7-14-12-21-23(13-14)16-5-3-2-4-6-16/h2-13H,1H3,(H,22,24)/b10-7+. The minimum atomic E-state index is -0.284. The number of halogens is 1. The summed E-state index contributed by atoms with van der Waals surface area (Å²) in [5.74, 6) is 0.260. The lowest BCUT2D eigenvalue weighted by Gasteiger charge is -2.08. The van der Waals surface area contributed by atoms with Gasteiger partial charge in [-0.25, -0.2) is 4.68 Å². The summed E-state index contributed by atoms with van der Waals surface area (Å²) in [5, 5.41) is 7.55. The van der Waals surface area contributed by atoms with Gasteiger partial charge in [-0.3, -0.25) is 4.79 Å². The highest BCUT2D eigenvalue weighted by Gasteiger charge is 2.06. The van der Waals surface area contributed by atoms with Gasteiger partial charge in [-0.1, -0.05) is 29.8 Å². The Morgan fingerprint density at radius 2 is 2.04 bits per heavy atom. The third kappa shape index (κ3) is 4.28. The first-order valence-electron chi connectivity index (χ1n) is 7.58. The molecule has 2 aromatic carbocycles. The molecule has 1 aromatic heterocycles. The number of para-hydroxylation sites is 1. The van der Waals surface area contributed by atoms with Gasteiger partial charge in [0.1, 0.15) is 5.75 Å². The quantitative estimate of drug-likeness (QED) is 0.700. The monoisotopic (exact) mass is 353 g/mol. The van der Waals surface area contributed by atoms with E-state index in [0.29, 0.717) is 16.5 Å². The Morgan fingerprint density at radius 3 is 2.80 bits per heavy atom. The van der Waals surface area contributed by atoms with Gasteiger partial charge in [0.2, 0.25) is 5.91 Å². The number of amides is 1. The van der Waals surface area contributed by atoms with E-state index >= 15 is 0 Å². The van der Waals surface area contributed by atoms with E-state index in [0.717, 1.165) is 11.3 Å². The lowest BCUT2D eigenvalue weighted by Crippen LogP contribution is -2.08. The van der Waals surface area contributed by atoms with Gasteiger partial charge in [-0.15, -0.1) is 0 Å². The van der Waals surface area contributed by atoms with Gasteiger partial charge in [0.15, 0.2) is 0 Å². The van der Waals surface area contributed by atoms with Gasteiger partial charge in [-0.2, -0.15) is 5.10 Å². The molecule has 1 N–H and O–H groups in total. The van der Waals surface area contributed by atoms with Crippen molar-refractivity contribution < 1.29 is 9.53 Å². The maximum atomic E-state index is 12.1. The van der Waals surface area contributed by atoms with Gasteiger partial charge in [0.25, 0.3) is 0 Å². The van der Waals surface area contributed by atoms with Crippen LogP contribution >= 0.6 is 11.6 Å². The summed E-state index contributed by atoms with van der Waals surface area (Å²) in [6.45, 7) is 0. The molecule has 1 heterocycles. The number of aromatic nitrogens is 2. The zero-order chi connectivity index (χ0) is 17.6. The van der Waals surface area contributed by atoms with E-state index in [2.05, 4.69) is 10.4 Å². The molecule has 0 aliphatic heterocycles. The van der Waals surface area contributed by atoms with Crippen molar-refractivity contribution in [2.45, 2.75) is 0 Å². The van der Waals surface area contributed by atoms with Gasteiger partial charge < -0.3 is 10.1 Å². The number of nitrogens with one attached hydrogen (secondary N) is 1. The molecule has 3 rings (SSSR count). The van der Waals surface area contributed by atoms with Crippen LogP contribution in [0.1, 0.15) is 5.56 Å². The summed E-state index contributed by atoms with van der Waals surface area (Å²) in [7, 11) is 1.53. The van der Waals surface area contributed by atoms with Crippen molar-refractivity contribution in [3.63, 3.8) is 0 Å². The first-order valence-corrected chi connectivity index (χ1v) is 7.96. The Kier molecular flexibility index (Phi) is 5.16. The largest absolute Gasteiger partial charge is 0.495 e. The van der Waals surface area contributed by atoms with Crippen LogP contribution in [0.4, 0.5) is 5.69 Å². The van der Waals surface area contributed by atoms with Gasteiger partial charge >= 0.3 is 0 Å². The second kappa shape index (κ2) is 7.68. The molecule has 1 amide bonds. The number of hydrogen-bond acceptors (Lipinski definition) is 3. The van der Waals surface area contributed by atoms with Crippen LogP contribution in [0, 0.1) is 0 Å². The average molecular weight is 354 g/mol. The van der Waals surface area contributed by atoms with Crippen molar-refractivity contribution in [2.75, 3.05) is 12.4 Å². The Morgan fingerprint density at radius 1 is 1.24 bits per heavy atom. The fourth-order valence-electron chi connectivity index (χ4n) is 2.27. The molecule has 6 heteroatoms. The van der Waals surface area contributed by atoms with Gasteiger partial charge in [0.05, 0.1) is 24.7 Å². The maximum absolute atomic E-state index is 12.1. The Labute approximate surface area is 150 Å². The Bertz CT molecular complexity index is 904. The fourth-order valence-corrected chi connectivity index (χ4v) is 2.44. The summed E-state index contributed by atoms with van der Waals surface area (Å²) >= 11 is 5.96. The maximum Gasteiger partial charge on any atom is 0.248 e. The molecule has 0 bridgehead atoms. The van der Waals surface area contributed by atoms with E-state index in [1.165, 1.54) is 13.2 Å².